The van der Waals surface area contributed by atoms with Gasteiger partial charge in [-0.05, 0) is 28.1 Å². The Morgan fingerprint density at radius 1 is 1.47 bits per heavy atom. The van der Waals surface area contributed by atoms with Gasteiger partial charge in [0.25, 0.3) is 0 Å². The van der Waals surface area contributed by atoms with E-state index < -0.39 is 23.0 Å². The van der Waals surface area contributed by atoms with E-state index in [0.717, 1.165) is 6.07 Å². The van der Waals surface area contributed by atoms with Crippen molar-refractivity contribution in [3.05, 3.63) is 33.8 Å². The summed E-state index contributed by atoms with van der Waals surface area (Å²) in [5, 5.41) is 2.74. The first kappa shape index (κ1) is 14.2. The molecule has 0 spiro atoms. The van der Waals surface area contributed by atoms with Crippen LogP contribution in [0.15, 0.2) is 16.6 Å². The van der Waals surface area contributed by atoms with Crippen LogP contribution in [0.1, 0.15) is 10.4 Å². The van der Waals surface area contributed by atoms with Gasteiger partial charge < -0.3 is 10.1 Å². The average Bonchev–Trinajstić information content (AvgIpc) is 2.30. The van der Waals surface area contributed by atoms with Gasteiger partial charge in [-0.1, -0.05) is 0 Å². The number of carbonyl (C=O) groups excluding carboxylic acids is 1. The third kappa shape index (κ3) is 3.83. The quantitative estimate of drug-likeness (QED) is 0.497. The van der Waals surface area contributed by atoms with Crippen molar-refractivity contribution in [3.63, 3.8) is 0 Å². The second-order valence-electron chi connectivity index (χ2n) is 3.31. The molecule has 0 aromatic heterocycles. The Kier molecular flexibility index (Phi) is 5.67. The SMILES string of the molecule is COCCNCC(=O)c1c(F)ccc(Br)c1F. The lowest BCUT2D eigenvalue weighted by molar-refractivity contribution is 0.0979. The van der Waals surface area contributed by atoms with Gasteiger partial charge in [0.2, 0.25) is 0 Å². The Labute approximate surface area is 106 Å². The highest BCUT2D eigenvalue weighted by molar-refractivity contribution is 9.10. The Bertz CT molecular complexity index is 413. The summed E-state index contributed by atoms with van der Waals surface area (Å²) in [4.78, 5) is 11.6. The maximum atomic E-state index is 13.5. The van der Waals surface area contributed by atoms with Crippen molar-refractivity contribution in [3.8, 4) is 0 Å². The topological polar surface area (TPSA) is 38.3 Å². The van der Waals surface area contributed by atoms with Crippen molar-refractivity contribution < 1.29 is 18.3 Å². The minimum atomic E-state index is -0.872. The predicted octanol–water partition coefficient (Wildman–Crippen LogP) is 2.15. The van der Waals surface area contributed by atoms with E-state index in [9.17, 15) is 13.6 Å². The number of hydrogen-bond donors (Lipinski definition) is 1. The van der Waals surface area contributed by atoms with E-state index >= 15 is 0 Å². The minimum Gasteiger partial charge on any atom is -0.383 e. The number of nitrogens with one attached hydrogen (secondary N) is 1. The van der Waals surface area contributed by atoms with Crippen molar-refractivity contribution in [2.24, 2.45) is 0 Å². The molecule has 0 amide bonds. The summed E-state index contributed by atoms with van der Waals surface area (Å²) in [5.41, 5.74) is -0.524. The first-order valence-corrected chi connectivity index (χ1v) is 5.73. The molecule has 0 saturated carbocycles. The molecule has 0 saturated heterocycles. The van der Waals surface area contributed by atoms with E-state index in [-0.39, 0.29) is 11.0 Å². The fourth-order valence-electron chi connectivity index (χ4n) is 1.25. The van der Waals surface area contributed by atoms with Crippen molar-refractivity contribution in [1.29, 1.82) is 0 Å². The zero-order valence-electron chi connectivity index (χ0n) is 9.23. The highest BCUT2D eigenvalue weighted by Crippen LogP contribution is 2.21. The van der Waals surface area contributed by atoms with E-state index in [1.165, 1.54) is 13.2 Å². The van der Waals surface area contributed by atoms with E-state index in [4.69, 9.17) is 4.74 Å². The van der Waals surface area contributed by atoms with Crippen molar-refractivity contribution in [1.82, 2.24) is 5.32 Å². The molecule has 0 atom stereocenters. The van der Waals surface area contributed by atoms with Gasteiger partial charge in [0.1, 0.15) is 5.82 Å². The van der Waals surface area contributed by atoms with Crippen LogP contribution < -0.4 is 5.32 Å². The van der Waals surface area contributed by atoms with Gasteiger partial charge in [-0.3, -0.25) is 4.79 Å². The number of halogens is 3. The summed E-state index contributed by atoms with van der Waals surface area (Å²) in [7, 11) is 1.52. The molecule has 0 aliphatic heterocycles. The second-order valence-corrected chi connectivity index (χ2v) is 4.17. The summed E-state index contributed by atoms with van der Waals surface area (Å²) < 4.78 is 31.7. The van der Waals surface area contributed by atoms with Crippen molar-refractivity contribution in [2.75, 3.05) is 26.8 Å². The van der Waals surface area contributed by atoms with Gasteiger partial charge in [0.05, 0.1) is 23.2 Å². The van der Waals surface area contributed by atoms with Crippen LogP contribution in [0.2, 0.25) is 0 Å². The molecule has 1 N–H and O–H groups in total. The molecule has 1 aromatic carbocycles. The third-order valence-corrected chi connectivity index (χ3v) is 2.70. The number of Topliss-reactive ketones (excluding diaryl/α,β-unsaturated/α-hetero) is 1. The molecule has 0 fully saturated rings. The lowest BCUT2D eigenvalue weighted by Crippen LogP contribution is -2.27. The highest BCUT2D eigenvalue weighted by Gasteiger charge is 2.18. The third-order valence-electron chi connectivity index (χ3n) is 2.09. The summed E-state index contributed by atoms with van der Waals surface area (Å²) in [5.74, 6) is -2.36. The van der Waals surface area contributed by atoms with Crippen LogP contribution in [0.4, 0.5) is 8.78 Å². The van der Waals surface area contributed by atoms with Crippen LogP contribution in [0, 0.1) is 11.6 Å². The van der Waals surface area contributed by atoms with Gasteiger partial charge in [-0.25, -0.2) is 8.78 Å². The van der Waals surface area contributed by atoms with Crippen molar-refractivity contribution >= 4 is 21.7 Å². The zero-order chi connectivity index (χ0) is 12.8. The summed E-state index contributed by atoms with van der Waals surface area (Å²) in [6.45, 7) is 0.740. The van der Waals surface area contributed by atoms with Gasteiger partial charge in [0.15, 0.2) is 11.6 Å². The Morgan fingerprint density at radius 2 is 2.18 bits per heavy atom. The van der Waals surface area contributed by atoms with Crippen LogP contribution >= 0.6 is 15.9 Å². The molecule has 1 aromatic rings. The molecule has 0 bridgehead atoms. The van der Waals surface area contributed by atoms with Crippen LogP contribution in [0.25, 0.3) is 0 Å². The van der Waals surface area contributed by atoms with E-state index in [1.54, 1.807) is 0 Å². The van der Waals surface area contributed by atoms with Gasteiger partial charge >= 0.3 is 0 Å². The molecule has 0 radical (unpaired) electrons. The van der Waals surface area contributed by atoms with Crippen LogP contribution in [-0.4, -0.2) is 32.6 Å². The number of ether oxygens (including phenoxy) is 1. The van der Waals surface area contributed by atoms with Crippen LogP contribution in [0.3, 0.4) is 0 Å². The molecule has 0 aliphatic carbocycles. The maximum Gasteiger partial charge on any atom is 0.182 e. The van der Waals surface area contributed by atoms with E-state index in [1.807, 2.05) is 0 Å². The lowest BCUT2D eigenvalue weighted by atomic mass is 10.1. The van der Waals surface area contributed by atoms with Crippen LogP contribution in [0.5, 0.6) is 0 Å². The summed E-state index contributed by atoms with van der Waals surface area (Å²) in [6.07, 6.45) is 0. The number of methoxy groups -OCH3 is 1. The molecule has 3 nitrogen and oxygen atoms in total. The zero-order valence-corrected chi connectivity index (χ0v) is 10.8. The van der Waals surface area contributed by atoms with Gasteiger partial charge in [-0.15, -0.1) is 0 Å². The number of carbonyl (C=O) groups is 1. The van der Waals surface area contributed by atoms with Crippen molar-refractivity contribution in [2.45, 2.75) is 0 Å². The lowest BCUT2D eigenvalue weighted by Gasteiger charge is -2.06. The number of hydrogen-bond acceptors (Lipinski definition) is 3. The molecular weight excluding hydrogens is 296 g/mol. The second kappa shape index (κ2) is 6.78. The van der Waals surface area contributed by atoms with Gasteiger partial charge in [-0.2, -0.15) is 0 Å². The average molecular weight is 308 g/mol. The highest BCUT2D eigenvalue weighted by atomic mass is 79.9. The fraction of sp³-hybridized carbons (Fsp3) is 0.364. The molecule has 6 heteroatoms. The van der Waals surface area contributed by atoms with E-state index in [2.05, 4.69) is 21.2 Å². The normalized spacial score (nSPS) is 10.6. The molecule has 0 heterocycles. The fourth-order valence-corrected chi connectivity index (χ4v) is 1.58. The molecule has 17 heavy (non-hydrogen) atoms. The molecule has 94 valence electrons. The molecule has 0 aliphatic rings. The largest absolute Gasteiger partial charge is 0.383 e. The van der Waals surface area contributed by atoms with Crippen LogP contribution in [-0.2, 0) is 4.74 Å². The predicted molar refractivity (Wildman–Crippen MR) is 63.1 cm³/mol. The van der Waals surface area contributed by atoms with E-state index in [0.29, 0.717) is 13.2 Å². The minimum absolute atomic E-state index is 0.0686. The Hall–Kier alpha value is -0.850. The molecule has 1 rings (SSSR count). The standard InChI is InChI=1S/C11H12BrF2NO2/c1-17-5-4-15-6-9(16)10-8(13)3-2-7(12)11(10)14/h2-3,15H,4-6H2,1H3. The molecular formula is C11H12BrF2NO2. The smallest absolute Gasteiger partial charge is 0.182 e. The number of rotatable bonds is 6. The van der Waals surface area contributed by atoms with Gasteiger partial charge in [0, 0.05) is 13.7 Å². The first-order chi connectivity index (χ1) is 8.07. The monoisotopic (exact) mass is 307 g/mol. The summed E-state index contributed by atoms with van der Waals surface area (Å²) >= 11 is 2.91. The maximum absolute atomic E-state index is 13.5. The molecule has 0 unspecified atom stereocenters. The first-order valence-electron chi connectivity index (χ1n) is 4.94. The Morgan fingerprint density at radius 3 is 2.82 bits per heavy atom. The summed E-state index contributed by atoms with van der Waals surface area (Å²) in [6, 6.07) is 2.27. The number of ketones is 1. The number of benzene rings is 1. The Balaban J connectivity index is 2.72.